The van der Waals surface area contributed by atoms with Gasteiger partial charge in [0.1, 0.15) is 0 Å². The SMILES string of the molecule is Cn1c2c(c(=O)n(C)c1=O)OC(=O)C(=O)ON2CCCNc1ccc([N+](=O)[O-])cc1C(=O)c1ccccc1. The molecule has 0 saturated carbocycles. The Hall–Kier alpha value is -5.27. The van der Waals surface area contributed by atoms with Crippen LogP contribution in [0.15, 0.2) is 58.1 Å². The number of nitrogens with zero attached hydrogens (tertiary/aromatic N) is 4. The van der Waals surface area contributed by atoms with Crippen LogP contribution in [-0.4, -0.2) is 44.9 Å². The highest BCUT2D eigenvalue weighted by molar-refractivity contribution is 6.31. The predicted molar refractivity (Wildman–Crippen MR) is 132 cm³/mol. The third kappa shape index (κ3) is 4.86. The zero-order chi connectivity index (χ0) is 27.6. The van der Waals surface area contributed by atoms with Crippen LogP contribution in [0.5, 0.6) is 5.75 Å². The summed E-state index contributed by atoms with van der Waals surface area (Å²) in [5.74, 6) is -3.97. The summed E-state index contributed by atoms with van der Waals surface area (Å²) in [6.45, 7) is 0.0850. The smallest absolute Gasteiger partial charge is 0.408 e. The second-order valence-electron chi connectivity index (χ2n) is 8.19. The van der Waals surface area contributed by atoms with E-state index in [1.807, 2.05) is 0 Å². The maximum Gasteiger partial charge on any atom is 0.442 e. The van der Waals surface area contributed by atoms with Gasteiger partial charge in [-0.05, 0) is 12.5 Å². The van der Waals surface area contributed by atoms with Gasteiger partial charge in [0.25, 0.3) is 5.69 Å². The molecular weight excluding hydrogens is 502 g/mol. The number of carbonyl (C=O) groups excluding carboxylic acids is 3. The lowest BCUT2D eigenvalue weighted by Crippen LogP contribution is -2.41. The van der Waals surface area contributed by atoms with Crippen LogP contribution in [0.1, 0.15) is 22.3 Å². The molecule has 196 valence electrons. The van der Waals surface area contributed by atoms with Crippen molar-refractivity contribution >= 4 is 34.9 Å². The highest BCUT2D eigenvalue weighted by Gasteiger charge is 2.34. The molecule has 2 aromatic carbocycles. The molecular formula is C24H21N5O9. The van der Waals surface area contributed by atoms with E-state index in [9.17, 15) is 34.1 Å². The molecule has 2 heterocycles. The van der Waals surface area contributed by atoms with E-state index in [1.54, 1.807) is 30.3 Å². The zero-order valence-corrected chi connectivity index (χ0v) is 20.2. The Labute approximate surface area is 213 Å². The summed E-state index contributed by atoms with van der Waals surface area (Å²) in [6.07, 6.45) is 0.209. The third-order valence-corrected chi connectivity index (χ3v) is 5.73. The quantitative estimate of drug-likeness (QED) is 0.111. The average Bonchev–Trinajstić information content (AvgIpc) is 3.04. The van der Waals surface area contributed by atoms with Gasteiger partial charge in [-0.3, -0.25) is 28.8 Å². The molecule has 4 rings (SSSR count). The molecule has 0 bridgehead atoms. The van der Waals surface area contributed by atoms with Crippen LogP contribution in [-0.2, 0) is 28.5 Å². The van der Waals surface area contributed by atoms with Gasteiger partial charge in [-0.25, -0.2) is 14.4 Å². The largest absolute Gasteiger partial charge is 0.442 e. The van der Waals surface area contributed by atoms with E-state index in [4.69, 9.17) is 9.57 Å². The van der Waals surface area contributed by atoms with Gasteiger partial charge in [0.15, 0.2) is 11.6 Å². The Kier molecular flexibility index (Phi) is 7.05. The standard InChI is InChI=1S/C24H21N5O9/c1-26-20-19(21(31)27(2)24(26)34)37-22(32)23(33)38-28(20)12-6-11-25-17-10-9-15(29(35)36)13-16(17)18(30)14-7-4-3-5-8-14/h3-5,7-10,13,25H,6,11-12H2,1-2H3. The molecule has 0 unspecified atom stereocenters. The molecule has 0 fully saturated rings. The molecule has 0 atom stereocenters. The van der Waals surface area contributed by atoms with E-state index in [0.717, 1.165) is 14.2 Å². The summed E-state index contributed by atoms with van der Waals surface area (Å²) in [5.41, 5.74) is -1.15. The highest BCUT2D eigenvalue weighted by Crippen LogP contribution is 2.27. The predicted octanol–water partition coefficient (Wildman–Crippen LogP) is 0.909. The number of carbonyl (C=O) groups is 3. The van der Waals surface area contributed by atoms with Crippen molar-refractivity contribution in [3.8, 4) is 5.75 Å². The normalized spacial score (nSPS) is 12.7. The van der Waals surface area contributed by atoms with Gasteiger partial charge in [0, 0.05) is 44.0 Å². The number of esters is 1. The van der Waals surface area contributed by atoms with Gasteiger partial charge >= 0.3 is 23.2 Å². The van der Waals surface area contributed by atoms with E-state index in [1.165, 1.54) is 32.3 Å². The number of non-ortho nitro benzene ring substituents is 1. The number of hydrogen-bond acceptors (Lipinski definition) is 11. The summed E-state index contributed by atoms with van der Waals surface area (Å²) >= 11 is 0. The van der Waals surface area contributed by atoms with Crippen molar-refractivity contribution in [2.75, 3.05) is 23.5 Å². The minimum atomic E-state index is -1.42. The number of nitrogens with one attached hydrogen (secondary N) is 1. The molecule has 1 N–H and O–H groups in total. The molecule has 3 aromatic rings. The van der Waals surface area contributed by atoms with Gasteiger partial charge in [0.05, 0.1) is 17.0 Å². The number of hydrogen-bond donors (Lipinski definition) is 1. The van der Waals surface area contributed by atoms with Crippen molar-refractivity contribution in [1.82, 2.24) is 9.13 Å². The van der Waals surface area contributed by atoms with Crippen LogP contribution in [0.2, 0.25) is 0 Å². The Bertz CT molecular complexity index is 1580. The van der Waals surface area contributed by atoms with Crippen molar-refractivity contribution in [3.05, 3.63) is 90.6 Å². The lowest BCUT2D eigenvalue weighted by molar-refractivity contribution is -0.384. The zero-order valence-electron chi connectivity index (χ0n) is 20.2. The summed E-state index contributed by atoms with van der Waals surface area (Å²) in [7, 11) is 2.51. The first kappa shape index (κ1) is 25.8. The number of anilines is 2. The topological polar surface area (TPSA) is 172 Å². The van der Waals surface area contributed by atoms with Crippen molar-refractivity contribution in [3.63, 3.8) is 0 Å². The first-order chi connectivity index (χ1) is 18.1. The minimum Gasteiger partial charge on any atom is -0.408 e. The van der Waals surface area contributed by atoms with E-state index >= 15 is 0 Å². The third-order valence-electron chi connectivity index (χ3n) is 5.73. The lowest BCUT2D eigenvalue weighted by atomic mass is 10.0. The molecule has 0 saturated heterocycles. The van der Waals surface area contributed by atoms with Gasteiger partial charge < -0.3 is 14.9 Å². The number of fused-ring (bicyclic) bond motifs is 1. The van der Waals surface area contributed by atoms with Crippen LogP contribution >= 0.6 is 0 Å². The van der Waals surface area contributed by atoms with Crippen molar-refractivity contribution in [2.45, 2.75) is 6.42 Å². The first-order valence-corrected chi connectivity index (χ1v) is 11.2. The summed E-state index contributed by atoms with van der Waals surface area (Å²) in [4.78, 5) is 77.7. The van der Waals surface area contributed by atoms with E-state index in [-0.39, 0.29) is 36.6 Å². The fourth-order valence-corrected chi connectivity index (χ4v) is 3.82. The van der Waals surface area contributed by atoms with Crippen molar-refractivity contribution < 1.29 is 28.9 Å². The molecule has 38 heavy (non-hydrogen) atoms. The van der Waals surface area contributed by atoms with Crippen LogP contribution < -0.4 is 26.4 Å². The van der Waals surface area contributed by atoms with Crippen LogP contribution in [0.25, 0.3) is 0 Å². The van der Waals surface area contributed by atoms with E-state index < -0.39 is 39.6 Å². The molecule has 14 heteroatoms. The van der Waals surface area contributed by atoms with E-state index in [0.29, 0.717) is 11.3 Å². The number of nitro benzene ring substituents is 1. The number of hydroxylamine groups is 1. The lowest BCUT2D eigenvalue weighted by Gasteiger charge is -2.23. The van der Waals surface area contributed by atoms with Crippen LogP contribution in [0.3, 0.4) is 0 Å². The number of aromatic nitrogens is 2. The Balaban J connectivity index is 1.56. The molecule has 1 aliphatic heterocycles. The second-order valence-corrected chi connectivity index (χ2v) is 8.19. The Morgan fingerprint density at radius 3 is 2.39 bits per heavy atom. The Morgan fingerprint density at radius 2 is 1.71 bits per heavy atom. The fourth-order valence-electron chi connectivity index (χ4n) is 3.82. The molecule has 0 radical (unpaired) electrons. The van der Waals surface area contributed by atoms with Crippen molar-refractivity contribution in [2.24, 2.45) is 14.1 Å². The maximum atomic E-state index is 13.1. The van der Waals surface area contributed by atoms with Gasteiger partial charge in [0.2, 0.25) is 5.75 Å². The van der Waals surface area contributed by atoms with E-state index in [2.05, 4.69) is 5.32 Å². The minimum absolute atomic E-state index is 0.0850. The molecule has 1 aromatic heterocycles. The maximum absolute atomic E-state index is 13.1. The molecule has 1 aliphatic rings. The highest BCUT2D eigenvalue weighted by atomic mass is 16.7. The average molecular weight is 523 g/mol. The number of nitro groups is 1. The summed E-state index contributed by atoms with van der Waals surface area (Å²) < 4.78 is 6.61. The summed E-state index contributed by atoms with van der Waals surface area (Å²) in [6, 6.07) is 12.1. The number of benzene rings is 2. The second kappa shape index (κ2) is 10.4. The fraction of sp³-hybridized carbons (Fsp3) is 0.208. The summed E-state index contributed by atoms with van der Waals surface area (Å²) in [5, 5.41) is 15.2. The monoisotopic (exact) mass is 523 g/mol. The number of rotatable bonds is 8. The molecule has 0 amide bonds. The molecule has 0 spiro atoms. The van der Waals surface area contributed by atoms with Gasteiger partial charge in [-0.15, -0.1) is 0 Å². The first-order valence-electron chi connectivity index (χ1n) is 11.2. The number of ketones is 1. The molecule has 14 nitrogen and oxygen atoms in total. The van der Waals surface area contributed by atoms with Crippen LogP contribution in [0.4, 0.5) is 17.2 Å². The van der Waals surface area contributed by atoms with Crippen LogP contribution in [0, 0.1) is 10.1 Å². The van der Waals surface area contributed by atoms with Crippen molar-refractivity contribution in [1.29, 1.82) is 0 Å². The van der Waals surface area contributed by atoms with Gasteiger partial charge in [-0.2, -0.15) is 5.06 Å². The molecule has 0 aliphatic carbocycles. The Morgan fingerprint density at radius 1 is 1.00 bits per heavy atom. The number of ether oxygens (including phenoxy) is 1. The van der Waals surface area contributed by atoms with Gasteiger partial charge in [-0.1, -0.05) is 30.3 Å².